The average molecular weight is 490 g/mol. The molecule has 1 unspecified atom stereocenters. The topological polar surface area (TPSA) is 128 Å². The highest BCUT2D eigenvalue weighted by Crippen LogP contribution is 2.35. The molecule has 4 rings (SSSR count). The molecule has 36 heavy (non-hydrogen) atoms. The quantitative estimate of drug-likeness (QED) is 0.209. The molecule has 0 saturated carbocycles. The first-order valence-corrected chi connectivity index (χ1v) is 11.6. The van der Waals surface area contributed by atoms with Gasteiger partial charge in [-0.05, 0) is 44.5 Å². The van der Waals surface area contributed by atoms with Gasteiger partial charge in [-0.2, -0.15) is 0 Å². The van der Waals surface area contributed by atoms with Crippen LogP contribution < -0.4 is 10.1 Å². The minimum absolute atomic E-state index is 0.0806. The van der Waals surface area contributed by atoms with Gasteiger partial charge >= 0.3 is 5.97 Å². The fourth-order valence-corrected chi connectivity index (χ4v) is 4.00. The van der Waals surface area contributed by atoms with Gasteiger partial charge < -0.3 is 19.6 Å². The number of carboxylic acids is 1. The van der Waals surface area contributed by atoms with Crippen LogP contribution in [-0.2, 0) is 11.3 Å². The highest BCUT2D eigenvalue weighted by atomic mass is 16.6. The lowest BCUT2D eigenvalue weighted by Crippen LogP contribution is -2.38. The smallest absolute Gasteiger partial charge is 0.347 e. The number of carbonyl (C=O) groups is 1. The van der Waals surface area contributed by atoms with E-state index >= 15 is 0 Å². The zero-order chi connectivity index (χ0) is 25.9. The zero-order valence-corrected chi connectivity index (χ0v) is 20.2. The number of para-hydroxylation sites is 4. The summed E-state index contributed by atoms with van der Waals surface area (Å²) in [6.07, 6.45) is 0.645. The minimum Gasteiger partial charge on any atom is -0.478 e. The molecule has 4 aromatic rings. The number of hydrogen-bond acceptors (Lipinski definition) is 7. The van der Waals surface area contributed by atoms with Gasteiger partial charge in [-0.15, -0.1) is 0 Å². The number of nitro benzene ring substituents is 1. The number of oxazole rings is 1. The van der Waals surface area contributed by atoms with Crippen molar-refractivity contribution >= 4 is 22.8 Å². The fourth-order valence-electron chi connectivity index (χ4n) is 4.00. The number of nitro groups is 1. The van der Waals surface area contributed by atoms with Crippen LogP contribution in [0, 0.1) is 10.1 Å². The molecule has 9 heteroatoms. The zero-order valence-electron chi connectivity index (χ0n) is 20.2. The van der Waals surface area contributed by atoms with Gasteiger partial charge in [-0.3, -0.25) is 10.1 Å². The Bertz CT molecular complexity index is 1380. The number of ether oxygens (including phenoxy) is 1. The van der Waals surface area contributed by atoms with Crippen molar-refractivity contribution in [1.82, 2.24) is 10.3 Å². The predicted molar refractivity (Wildman–Crippen MR) is 135 cm³/mol. The van der Waals surface area contributed by atoms with E-state index in [0.29, 0.717) is 34.4 Å². The Morgan fingerprint density at radius 2 is 1.86 bits per heavy atom. The van der Waals surface area contributed by atoms with E-state index in [2.05, 4.69) is 10.3 Å². The summed E-state index contributed by atoms with van der Waals surface area (Å²) in [5.74, 6) is -0.449. The second-order valence-corrected chi connectivity index (χ2v) is 8.85. The van der Waals surface area contributed by atoms with Crippen molar-refractivity contribution in [1.29, 1.82) is 0 Å². The van der Waals surface area contributed by atoms with E-state index in [0.717, 1.165) is 5.56 Å². The van der Waals surface area contributed by atoms with Crippen molar-refractivity contribution in [3.05, 3.63) is 88.0 Å². The van der Waals surface area contributed by atoms with Crippen LogP contribution in [0.1, 0.15) is 44.4 Å². The fraction of sp³-hybridized carbons (Fsp3) is 0.259. The minimum atomic E-state index is -1.42. The van der Waals surface area contributed by atoms with Crippen LogP contribution in [0.3, 0.4) is 0 Å². The average Bonchev–Trinajstić information content (AvgIpc) is 3.29. The van der Waals surface area contributed by atoms with Crippen molar-refractivity contribution < 1.29 is 24.0 Å². The van der Waals surface area contributed by atoms with Crippen molar-refractivity contribution in [3.8, 4) is 17.2 Å². The third kappa shape index (κ3) is 5.06. The van der Waals surface area contributed by atoms with Gasteiger partial charge in [-0.25, -0.2) is 9.78 Å². The summed E-state index contributed by atoms with van der Waals surface area (Å²) in [5.41, 5.74) is 1.23. The maximum atomic E-state index is 12.1. The summed E-state index contributed by atoms with van der Waals surface area (Å²) < 4.78 is 11.6. The maximum absolute atomic E-state index is 12.1. The number of nitrogens with zero attached hydrogens (tertiary/aromatic N) is 2. The van der Waals surface area contributed by atoms with Crippen LogP contribution >= 0.6 is 0 Å². The van der Waals surface area contributed by atoms with E-state index in [1.165, 1.54) is 13.8 Å². The number of nitrogens with one attached hydrogen (secondary N) is 1. The molecule has 9 nitrogen and oxygen atoms in total. The Kier molecular flexibility index (Phi) is 7.03. The number of aliphatic carboxylic acids is 1. The van der Waals surface area contributed by atoms with Crippen LogP contribution in [0.2, 0.25) is 0 Å². The molecular weight excluding hydrogens is 462 g/mol. The predicted octanol–water partition coefficient (Wildman–Crippen LogP) is 5.89. The molecule has 0 radical (unpaired) electrons. The molecule has 0 amide bonds. The summed E-state index contributed by atoms with van der Waals surface area (Å²) in [5, 5.41) is 25.0. The molecule has 0 bridgehead atoms. The summed E-state index contributed by atoms with van der Waals surface area (Å²) >= 11 is 0. The van der Waals surface area contributed by atoms with Crippen LogP contribution in [0.4, 0.5) is 5.69 Å². The summed E-state index contributed by atoms with van der Waals surface area (Å²) in [7, 11) is 0. The molecule has 186 valence electrons. The summed E-state index contributed by atoms with van der Waals surface area (Å²) in [6, 6.07) is 19.2. The van der Waals surface area contributed by atoms with Crippen LogP contribution in [-0.4, -0.2) is 26.6 Å². The molecule has 0 aliphatic heterocycles. The van der Waals surface area contributed by atoms with Gasteiger partial charge in [0.05, 0.1) is 4.92 Å². The molecule has 0 fully saturated rings. The monoisotopic (exact) mass is 489 g/mol. The summed E-state index contributed by atoms with van der Waals surface area (Å²) in [4.78, 5) is 27.7. The van der Waals surface area contributed by atoms with E-state index in [1.54, 1.807) is 42.5 Å². The van der Waals surface area contributed by atoms with E-state index < -0.39 is 16.5 Å². The lowest BCUT2D eigenvalue weighted by molar-refractivity contribution is -0.385. The Balaban J connectivity index is 1.64. The van der Waals surface area contributed by atoms with Crippen molar-refractivity contribution in [2.75, 3.05) is 0 Å². The highest BCUT2D eigenvalue weighted by Gasteiger charge is 2.31. The first-order valence-electron chi connectivity index (χ1n) is 11.6. The van der Waals surface area contributed by atoms with Crippen molar-refractivity contribution in [3.63, 3.8) is 0 Å². The molecule has 2 N–H and O–H groups in total. The first kappa shape index (κ1) is 24.9. The number of hydrogen-bond donors (Lipinski definition) is 2. The SMILES string of the molecule is CCC(NCc1cccc(-c2nc3ccccc3o2)c1[N+](=O)[O-])c1ccccc1OC(C)(C)C(=O)O. The molecule has 3 aromatic carbocycles. The maximum Gasteiger partial charge on any atom is 0.347 e. The Morgan fingerprint density at radius 1 is 1.14 bits per heavy atom. The normalized spacial score (nSPS) is 12.4. The molecular formula is C27H27N3O6. The van der Waals surface area contributed by atoms with E-state index in [9.17, 15) is 20.0 Å². The Labute approximate surface area is 207 Å². The number of fused-ring (bicyclic) bond motifs is 1. The van der Waals surface area contributed by atoms with E-state index in [-0.39, 0.29) is 24.2 Å². The Hall–Kier alpha value is -4.24. The van der Waals surface area contributed by atoms with Crippen LogP contribution in [0.15, 0.2) is 71.1 Å². The standard InChI is InChI=1S/C27H27N3O6/c1-4-20(18-11-5-7-14-22(18)36-27(2,3)26(31)32)28-16-17-10-9-12-19(24(17)30(33)34)25-29-21-13-6-8-15-23(21)35-25/h5-15,20,28H,4,16H2,1-3H3,(H,31,32). The first-order chi connectivity index (χ1) is 17.2. The third-order valence-electron chi connectivity index (χ3n) is 5.95. The number of aromatic nitrogens is 1. The lowest BCUT2D eigenvalue weighted by atomic mass is 10.0. The molecule has 0 aliphatic rings. The van der Waals surface area contributed by atoms with Gasteiger partial charge in [0.2, 0.25) is 5.89 Å². The van der Waals surface area contributed by atoms with Gasteiger partial charge in [0.1, 0.15) is 16.8 Å². The number of carboxylic acid groups (broad SMARTS) is 1. The third-order valence-corrected chi connectivity index (χ3v) is 5.95. The van der Waals surface area contributed by atoms with E-state index in [4.69, 9.17) is 9.15 Å². The summed E-state index contributed by atoms with van der Waals surface area (Å²) in [6.45, 7) is 5.14. The number of rotatable bonds is 10. The van der Waals surface area contributed by atoms with Gasteiger partial charge in [0.25, 0.3) is 5.69 Å². The Morgan fingerprint density at radius 3 is 2.56 bits per heavy atom. The molecule has 0 spiro atoms. The van der Waals surface area contributed by atoms with E-state index in [1.807, 2.05) is 31.2 Å². The molecule has 1 aromatic heterocycles. The second kappa shape index (κ2) is 10.2. The molecule has 0 saturated heterocycles. The van der Waals surface area contributed by atoms with Gasteiger partial charge in [-0.1, -0.05) is 49.4 Å². The van der Waals surface area contributed by atoms with Crippen LogP contribution in [0.25, 0.3) is 22.6 Å². The second-order valence-electron chi connectivity index (χ2n) is 8.85. The highest BCUT2D eigenvalue weighted by molar-refractivity contribution is 5.79. The molecule has 1 atom stereocenters. The van der Waals surface area contributed by atoms with Crippen LogP contribution in [0.5, 0.6) is 5.75 Å². The molecule has 1 heterocycles. The number of benzene rings is 3. The van der Waals surface area contributed by atoms with Crippen molar-refractivity contribution in [2.24, 2.45) is 0 Å². The van der Waals surface area contributed by atoms with Gasteiger partial charge in [0.15, 0.2) is 11.2 Å². The largest absolute Gasteiger partial charge is 0.478 e. The van der Waals surface area contributed by atoms with Gasteiger partial charge in [0, 0.05) is 23.7 Å². The molecule has 0 aliphatic carbocycles. The lowest BCUT2D eigenvalue weighted by Gasteiger charge is -2.26. The van der Waals surface area contributed by atoms with Crippen molar-refractivity contribution in [2.45, 2.75) is 45.4 Å².